The summed E-state index contributed by atoms with van der Waals surface area (Å²) in [5.41, 5.74) is 2.62. The van der Waals surface area contributed by atoms with Gasteiger partial charge in [0.15, 0.2) is 0 Å². The zero-order valence-electron chi connectivity index (χ0n) is 12.5. The lowest BCUT2D eigenvalue weighted by Crippen LogP contribution is -2.08. The van der Waals surface area contributed by atoms with Crippen molar-refractivity contribution < 1.29 is 15.0 Å². The van der Waals surface area contributed by atoms with Crippen molar-refractivity contribution in [2.45, 2.75) is 38.0 Å². The molecule has 1 fully saturated rings. The van der Waals surface area contributed by atoms with Gasteiger partial charge in [0.1, 0.15) is 11.3 Å². The minimum Gasteiger partial charge on any atom is -0.507 e. The van der Waals surface area contributed by atoms with Crippen LogP contribution in [0.25, 0.3) is 11.1 Å². The Morgan fingerprint density at radius 1 is 0.955 bits per heavy atom. The molecule has 0 unspecified atom stereocenters. The molecule has 2 aromatic carbocycles. The summed E-state index contributed by atoms with van der Waals surface area (Å²) in [6.45, 7) is 0. The Balaban J connectivity index is 2.11. The van der Waals surface area contributed by atoms with Crippen LogP contribution in [0.2, 0.25) is 0 Å². The van der Waals surface area contributed by atoms with Gasteiger partial charge in [-0.05, 0) is 47.6 Å². The van der Waals surface area contributed by atoms with Crippen molar-refractivity contribution in [1.82, 2.24) is 0 Å². The molecule has 1 aliphatic carbocycles. The van der Waals surface area contributed by atoms with Gasteiger partial charge in [-0.1, -0.05) is 49.6 Å². The van der Waals surface area contributed by atoms with E-state index in [1.54, 1.807) is 6.07 Å². The molecule has 0 atom stereocenters. The minimum absolute atomic E-state index is 0.00178. The van der Waals surface area contributed by atoms with Crippen LogP contribution in [0.5, 0.6) is 5.75 Å². The van der Waals surface area contributed by atoms with E-state index < -0.39 is 5.97 Å². The first kappa shape index (κ1) is 14.6. The van der Waals surface area contributed by atoms with Crippen molar-refractivity contribution >= 4 is 5.97 Å². The first-order valence-electron chi connectivity index (χ1n) is 7.82. The molecule has 1 saturated carbocycles. The van der Waals surface area contributed by atoms with Crippen molar-refractivity contribution in [3.63, 3.8) is 0 Å². The number of phenols is 1. The third-order valence-electron chi connectivity index (χ3n) is 4.52. The van der Waals surface area contributed by atoms with Gasteiger partial charge in [0.2, 0.25) is 0 Å². The van der Waals surface area contributed by atoms with Gasteiger partial charge in [-0.2, -0.15) is 0 Å². The largest absolute Gasteiger partial charge is 0.507 e. The number of carboxylic acid groups (broad SMARTS) is 1. The molecule has 3 heteroatoms. The predicted octanol–water partition coefficient (Wildman–Crippen LogP) is 4.81. The molecule has 3 rings (SSSR count). The molecule has 22 heavy (non-hydrogen) atoms. The lowest BCUT2D eigenvalue weighted by atomic mass is 9.82. The maximum absolute atomic E-state index is 11.5. The van der Waals surface area contributed by atoms with E-state index in [-0.39, 0.29) is 17.2 Å². The van der Waals surface area contributed by atoms with Crippen LogP contribution in [0.1, 0.15) is 53.9 Å². The molecule has 0 aromatic heterocycles. The summed E-state index contributed by atoms with van der Waals surface area (Å²) in [4.78, 5) is 11.5. The van der Waals surface area contributed by atoms with Crippen molar-refractivity contribution in [2.75, 3.05) is 0 Å². The van der Waals surface area contributed by atoms with Gasteiger partial charge in [-0.15, -0.1) is 0 Å². The van der Waals surface area contributed by atoms with Gasteiger partial charge < -0.3 is 10.2 Å². The number of hydrogen-bond acceptors (Lipinski definition) is 2. The second-order valence-electron chi connectivity index (χ2n) is 5.97. The van der Waals surface area contributed by atoms with Crippen LogP contribution in [0.3, 0.4) is 0 Å². The SMILES string of the molecule is O=C(O)c1cc(-c2ccccc2)cc(C2CCCCC2)c1O. The zero-order valence-corrected chi connectivity index (χ0v) is 12.5. The fraction of sp³-hybridized carbons (Fsp3) is 0.316. The third kappa shape index (κ3) is 2.84. The molecule has 0 saturated heterocycles. The Morgan fingerprint density at radius 2 is 1.64 bits per heavy atom. The number of hydrogen-bond donors (Lipinski definition) is 2. The molecular formula is C19H20O3. The van der Waals surface area contributed by atoms with Crippen LogP contribution in [0, 0.1) is 0 Å². The zero-order chi connectivity index (χ0) is 15.5. The Labute approximate surface area is 130 Å². The van der Waals surface area contributed by atoms with E-state index in [4.69, 9.17) is 0 Å². The number of benzene rings is 2. The predicted molar refractivity (Wildman–Crippen MR) is 86.3 cm³/mol. The number of carboxylic acids is 1. The van der Waals surface area contributed by atoms with Crippen LogP contribution in [-0.4, -0.2) is 16.2 Å². The third-order valence-corrected chi connectivity index (χ3v) is 4.52. The van der Waals surface area contributed by atoms with Crippen LogP contribution in [-0.2, 0) is 0 Å². The van der Waals surface area contributed by atoms with Gasteiger partial charge in [0, 0.05) is 0 Å². The smallest absolute Gasteiger partial charge is 0.339 e. The van der Waals surface area contributed by atoms with Crippen LogP contribution in [0.15, 0.2) is 42.5 Å². The lowest BCUT2D eigenvalue weighted by Gasteiger charge is -2.24. The lowest BCUT2D eigenvalue weighted by molar-refractivity contribution is 0.0693. The fourth-order valence-electron chi connectivity index (χ4n) is 3.34. The van der Waals surface area contributed by atoms with Crippen molar-refractivity contribution in [3.05, 3.63) is 53.6 Å². The van der Waals surface area contributed by atoms with E-state index in [0.717, 1.165) is 42.4 Å². The first-order valence-corrected chi connectivity index (χ1v) is 7.82. The van der Waals surface area contributed by atoms with Crippen LogP contribution < -0.4 is 0 Å². The molecule has 0 radical (unpaired) electrons. The topological polar surface area (TPSA) is 57.5 Å². The first-order chi connectivity index (χ1) is 10.7. The summed E-state index contributed by atoms with van der Waals surface area (Å²) in [7, 11) is 0. The second kappa shape index (κ2) is 6.22. The monoisotopic (exact) mass is 296 g/mol. The fourth-order valence-corrected chi connectivity index (χ4v) is 3.34. The van der Waals surface area contributed by atoms with E-state index >= 15 is 0 Å². The molecule has 3 nitrogen and oxygen atoms in total. The highest BCUT2D eigenvalue weighted by Gasteiger charge is 2.23. The summed E-state index contributed by atoms with van der Waals surface area (Å²) < 4.78 is 0. The van der Waals surface area contributed by atoms with E-state index in [2.05, 4.69) is 0 Å². The Bertz CT molecular complexity index is 671. The molecule has 0 bridgehead atoms. The quantitative estimate of drug-likeness (QED) is 0.855. The summed E-state index contributed by atoms with van der Waals surface area (Å²) >= 11 is 0. The minimum atomic E-state index is -1.08. The van der Waals surface area contributed by atoms with Crippen molar-refractivity contribution in [1.29, 1.82) is 0 Å². The van der Waals surface area contributed by atoms with E-state index in [1.165, 1.54) is 6.42 Å². The van der Waals surface area contributed by atoms with Crippen molar-refractivity contribution in [3.8, 4) is 16.9 Å². The number of aromatic hydroxyl groups is 1. The van der Waals surface area contributed by atoms with E-state index in [1.807, 2.05) is 36.4 Å². The standard InChI is InChI=1S/C19H20O3/c20-18-16(14-9-5-2-6-10-14)11-15(12-17(18)19(21)22)13-7-3-1-4-8-13/h1,3-4,7-8,11-12,14,20H,2,5-6,9-10H2,(H,21,22). The Hall–Kier alpha value is -2.29. The summed E-state index contributed by atoms with van der Waals surface area (Å²) in [6, 6.07) is 13.3. The summed E-state index contributed by atoms with van der Waals surface area (Å²) in [6.07, 6.45) is 5.54. The van der Waals surface area contributed by atoms with Crippen LogP contribution in [0.4, 0.5) is 0 Å². The summed E-state index contributed by atoms with van der Waals surface area (Å²) in [5.74, 6) is -0.873. The molecule has 1 aliphatic rings. The van der Waals surface area contributed by atoms with Crippen LogP contribution >= 0.6 is 0 Å². The maximum Gasteiger partial charge on any atom is 0.339 e. The average molecular weight is 296 g/mol. The second-order valence-corrected chi connectivity index (χ2v) is 5.97. The molecule has 2 aromatic rings. The highest BCUT2D eigenvalue weighted by Crippen LogP contribution is 2.40. The van der Waals surface area contributed by atoms with E-state index in [0.29, 0.717) is 0 Å². The number of aromatic carboxylic acids is 1. The normalized spacial score (nSPS) is 15.6. The van der Waals surface area contributed by atoms with Gasteiger partial charge in [-0.3, -0.25) is 0 Å². The molecule has 114 valence electrons. The maximum atomic E-state index is 11.5. The molecular weight excluding hydrogens is 276 g/mol. The number of carbonyl (C=O) groups is 1. The Morgan fingerprint density at radius 3 is 2.27 bits per heavy atom. The molecule has 0 amide bonds. The van der Waals surface area contributed by atoms with Gasteiger partial charge in [0.05, 0.1) is 0 Å². The molecule has 0 aliphatic heterocycles. The average Bonchev–Trinajstić information content (AvgIpc) is 2.56. The van der Waals surface area contributed by atoms with E-state index in [9.17, 15) is 15.0 Å². The Kier molecular flexibility index (Phi) is 4.14. The molecule has 2 N–H and O–H groups in total. The highest BCUT2D eigenvalue weighted by molar-refractivity contribution is 5.93. The molecule has 0 spiro atoms. The highest BCUT2D eigenvalue weighted by atomic mass is 16.4. The molecule has 0 heterocycles. The number of rotatable bonds is 3. The van der Waals surface area contributed by atoms with Gasteiger partial charge >= 0.3 is 5.97 Å². The van der Waals surface area contributed by atoms with Crippen molar-refractivity contribution in [2.24, 2.45) is 0 Å². The van der Waals surface area contributed by atoms with Gasteiger partial charge in [0.25, 0.3) is 0 Å². The summed E-state index contributed by atoms with van der Waals surface area (Å²) in [5, 5.41) is 19.8. The van der Waals surface area contributed by atoms with Gasteiger partial charge in [-0.25, -0.2) is 4.79 Å².